The molecule has 2 rings (SSSR count). The Balaban J connectivity index is 2.13. The molecule has 1 aliphatic rings. The number of hydrogen-bond acceptors (Lipinski definition) is 6. The fraction of sp³-hybridized carbons (Fsp3) is 0.429. The lowest BCUT2D eigenvalue weighted by Gasteiger charge is -2.22. The Labute approximate surface area is 98.9 Å². The number of halogens is 1. The second kappa shape index (κ2) is 4.46. The summed E-state index contributed by atoms with van der Waals surface area (Å²) in [4.78, 5) is 24.0. The van der Waals surface area contributed by atoms with Crippen molar-refractivity contribution in [1.82, 2.24) is 14.5 Å². The molecule has 0 saturated carbocycles. The molecular weight excluding hydrogens is 258 g/mol. The summed E-state index contributed by atoms with van der Waals surface area (Å²) in [5, 5.41) is 3.52. The number of aromatic nitrogens is 2. The first-order valence-electron chi connectivity index (χ1n) is 4.12. The fourth-order valence-corrected chi connectivity index (χ4v) is 2.52. The van der Waals surface area contributed by atoms with Crippen LogP contribution in [0.4, 0.5) is 4.79 Å². The average Bonchev–Trinajstić information content (AvgIpc) is 2.58. The Morgan fingerprint density at radius 2 is 2.27 bits per heavy atom. The molecule has 0 bridgehead atoms. The minimum Gasteiger partial charge on any atom is -0.274 e. The molecular formula is C7H6ClN3O2S2. The van der Waals surface area contributed by atoms with Gasteiger partial charge in [-0.25, -0.2) is 0 Å². The summed E-state index contributed by atoms with van der Waals surface area (Å²) in [7, 11) is 0. The smallest absolute Gasteiger partial charge is 0.274 e. The van der Waals surface area contributed by atoms with E-state index in [0.29, 0.717) is 22.2 Å². The van der Waals surface area contributed by atoms with Gasteiger partial charge in [0.05, 0.1) is 6.54 Å². The number of thioether (sulfide) groups is 1. The molecule has 0 spiro atoms. The quantitative estimate of drug-likeness (QED) is 0.814. The summed E-state index contributed by atoms with van der Waals surface area (Å²) in [5.41, 5.74) is 0.478. The number of nitrogens with zero attached hydrogens (tertiary/aromatic N) is 3. The van der Waals surface area contributed by atoms with Crippen LogP contribution in [0.2, 0.25) is 4.34 Å². The van der Waals surface area contributed by atoms with Crippen LogP contribution in [0.15, 0.2) is 0 Å². The van der Waals surface area contributed by atoms with Gasteiger partial charge in [0.25, 0.3) is 5.24 Å². The number of hydrogen-bond donors (Lipinski definition) is 0. The van der Waals surface area contributed by atoms with Crippen molar-refractivity contribution in [3.8, 4) is 0 Å². The molecule has 1 saturated heterocycles. The molecule has 2 amide bonds. The second-order valence-electron chi connectivity index (χ2n) is 2.84. The Bertz CT molecular complexity index is 393. The Kier molecular flexibility index (Phi) is 3.22. The van der Waals surface area contributed by atoms with Crippen molar-refractivity contribution >= 4 is 46.0 Å². The Morgan fingerprint density at radius 1 is 1.47 bits per heavy atom. The lowest BCUT2D eigenvalue weighted by Crippen LogP contribution is -2.37. The number of carbonyl (C=O) groups excluding carboxylic acids is 2. The van der Waals surface area contributed by atoms with Crippen LogP contribution in [0.3, 0.4) is 0 Å². The zero-order valence-electron chi connectivity index (χ0n) is 7.47. The maximum atomic E-state index is 11.4. The monoisotopic (exact) mass is 263 g/mol. The van der Waals surface area contributed by atoms with Gasteiger partial charge in [0, 0.05) is 23.7 Å². The first-order valence-corrected chi connectivity index (χ1v) is 6.26. The third-order valence-corrected chi connectivity index (χ3v) is 3.74. The van der Waals surface area contributed by atoms with Crippen LogP contribution in [0.5, 0.6) is 0 Å². The topological polar surface area (TPSA) is 63.2 Å². The molecule has 80 valence electrons. The molecule has 0 aliphatic carbocycles. The van der Waals surface area contributed by atoms with Crippen LogP contribution in [-0.2, 0) is 11.3 Å². The van der Waals surface area contributed by atoms with Gasteiger partial charge in [-0.3, -0.25) is 14.5 Å². The van der Waals surface area contributed by atoms with Crippen molar-refractivity contribution in [3.05, 3.63) is 10.0 Å². The van der Waals surface area contributed by atoms with E-state index in [9.17, 15) is 9.59 Å². The number of imide groups is 1. The largest absolute Gasteiger partial charge is 0.288 e. The normalized spacial score (nSPS) is 17.3. The zero-order valence-corrected chi connectivity index (χ0v) is 9.86. The third-order valence-electron chi connectivity index (χ3n) is 1.88. The number of amides is 2. The van der Waals surface area contributed by atoms with Crippen molar-refractivity contribution in [2.45, 2.75) is 13.0 Å². The molecule has 1 aliphatic heterocycles. The summed E-state index contributed by atoms with van der Waals surface area (Å²) >= 11 is 7.97. The molecule has 1 aromatic heterocycles. The molecule has 0 aromatic carbocycles. The van der Waals surface area contributed by atoms with E-state index < -0.39 is 0 Å². The molecule has 15 heavy (non-hydrogen) atoms. The highest BCUT2D eigenvalue weighted by Crippen LogP contribution is 2.24. The van der Waals surface area contributed by atoms with Crippen LogP contribution in [0.1, 0.15) is 12.1 Å². The number of carbonyl (C=O) groups is 2. The van der Waals surface area contributed by atoms with Crippen molar-refractivity contribution in [3.63, 3.8) is 0 Å². The van der Waals surface area contributed by atoms with Crippen molar-refractivity contribution in [1.29, 1.82) is 0 Å². The van der Waals surface area contributed by atoms with Gasteiger partial charge in [-0.15, -0.1) is 5.10 Å². The molecule has 0 atom stereocenters. The van der Waals surface area contributed by atoms with E-state index in [1.807, 2.05) is 0 Å². The van der Waals surface area contributed by atoms with Gasteiger partial charge >= 0.3 is 0 Å². The highest BCUT2D eigenvalue weighted by Gasteiger charge is 2.28. The van der Waals surface area contributed by atoms with Crippen molar-refractivity contribution in [2.24, 2.45) is 0 Å². The van der Waals surface area contributed by atoms with Gasteiger partial charge in [0.1, 0.15) is 10.0 Å². The first kappa shape index (κ1) is 10.8. The summed E-state index contributed by atoms with van der Waals surface area (Å²) in [6, 6.07) is 0. The highest BCUT2D eigenvalue weighted by atomic mass is 35.5. The molecule has 1 aromatic rings. The van der Waals surface area contributed by atoms with Gasteiger partial charge in [-0.2, -0.15) is 0 Å². The van der Waals surface area contributed by atoms with E-state index >= 15 is 0 Å². The lowest BCUT2D eigenvalue weighted by molar-refractivity contribution is -0.128. The molecule has 8 heteroatoms. The maximum Gasteiger partial charge on any atom is 0.288 e. The van der Waals surface area contributed by atoms with E-state index in [1.54, 1.807) is 0 Å². The SMILES string of the molecule is O=C1CCSC(=O)N1Cc1nnsc1Cl. The van der Waals surface area contributed by atoms with Crippen LogP contribution < -0.4 is 0 Å². The van der Waals surface area contributed by atoms with Gasteiger partial charge in [0.15, 0.2) is 0 Å². The average molecular weight is 264 g/mol. The summed E-state index contributed by atoms with van der Waals surface area (Å²) < 4.78 is 4.06. The van der Waals surface area contributed by atoms with E-state index in [2.05, 4.69) is 9.59 Å². The van der Waals surface area contributed by atoms with E-state index in [4.69, 9.17) is 11.6 Å². The minimum atomic E-state index is -0.240. The van der Waals surface area contributed by atoms with Gasteiger partial charge in [-0.1, -0.05) is 27.9 Å². The molecule has 1 fully saturated rings. The molecule has 0 N–H and O–H groups in total. The summed E-state index contributed by atoms with van der Waals surface area (Å²) in [6.07, 6.45) is 0.381. The van der Waals surface area contributed by atoms with Crippen LogP contribution >= 0.6 is 34.9 Å². The maximum absolute atomic E-state index is 11.4. The first-order chi connectivity index (χ1) is 7.18. The van der Waals surface area contributed by atoms with E-state index in [1.165, 1.54) is 0 Å². The second-order valence-corrected chi connectivity index (χ2v) is 5.24. The number of rotatable bonds is 2. The predicted molar refractivity (Wildman–Crippen MR) is 57.9 cm³/mol. The molecule has 5 nitrogen and oxygen atoms in total. The van der Waals surface area contributed by atoms with Gasteiger partial charge < -0.3 is 0 Å². The summed E-state index contributed by atoms with van der Waals surface area (Å²) in [6.45, 7) is 0.125. The fourth-order valence-electron chi connectivity index (χ4n) is 1.13. The van der Waals surface area contributed by atoms with Crippen LogP contribution in [0, 0.1) is 0 Å². The molecule has 2 heterocycles. The predicted octanol–water partition coefficient (Wildman–Crippen LogP) is 1.78. The van der Waals surface area contributed by atoms with Crippen molar-refractivity contribution in [2.75, 3.05) is 5.75 Å². The van der Waals surface area contributed by atoms with E-state index in [-0.39, 0.29) is 17.7 Å². The van der Waals surface area contributed by atoms with Crippen LogP contribution in [0.25, 0.3) is 0 Å². The lowest BCUT2D eigenvalue weighted by atomic mass is 10.3. The Morgan fingerprint density at radius 3 is 2.87 bits per heavy atom. The van der Waals surface area contributed by atoms with Crippen LogP contribution in [-0.4, -0.2) is 31.4 Å². The van der Waals surface area contributed by atoms with Gasteiger partial charge in [0.2, 0.25) is 5.91 Å². The van der Waals surface area contributed by atoms with Gasteiger partial charge in [-0.05, 0) is 0 Å². The molecule has 0 unspecified atom stereocenters. The molecule has 0 radical (unpaired) electrons. The summed E-state index contributed by atoms with van der Waals surface area (Å²) in [5.74, 6) is 0.375. The standard InChI is InChI=1S/C7H6ClN3O2S2/c8-6-4(9-10-15-6)3-11-5(12)1-2-14-7(11)13/h1-3H2. The highest BCUT2D eigenvalue weighted by molar-refractivity contribution is 8.13. The van der Waals surface area contributed by atoms with Crippen molar-refractivity contribution < 1.29 is 9.59 Å². The Hall–Kier alpha value is -0.660. The minimum absolute atomic E-state index is 0.125. The zero-order chi connectivity index (χ0) is 10.8. The third kappa shape index (κ3) is 2.30. The van der Waals surface area contributed by atoms with E-state index in [0.717, 1.165) is 28.2 Å².